The number of nitrogens with zero attached hydrogens (tertiary/aromatic N) is 2. The summed E-state index contributed by atoms with van der Waals surface area (Å²) in [6.45, 7) is 9.79. The molecule has 0 aliphatic heterocycles. The summed E-state index contributed by atoms with van der Waals surface area (Å²) in [7, 11) is 0. The number of hydrogen-bond donors (Lipinski definition) is 0. The summed E-state index contributed by atoms with van der Waals surface area (Å²) in [6, 6.07) is 4.04. The molecule has 1 aromatic carbocycles. The molecule has 0 N–H and O–H groups in total. The fourth-order valence-electron chi connectivity index (χ4n) is 2.63. The average molecular weight is 290 g/mol. The molecule has 20 heavy (non-hydrogen) atoms. The van der Waals surface area contributed by atoms with Crippen molar-refractivity contribution in [3.63, 3.8) is 0 Å². The predicted molar refractivity (Wildman–Crippen MR) is 91.3 cm³/mol. The lowest BCUT2D eigenvalue weighted by Gasteiger charge is -2.23. The van der Waals surface area contributed by atoms with Gasteiger partial charge in [-0.05, 0) is 43.1 Å². The Bertz CT molecular complexity index is 753. The van der Waals surface area contributed by atoms with Crippen molar-refractivity contribution in [3.05, 3.63) is 34.2 Å². The zero-order chi connectivity index (χ0) is 15.1. The van der Waals surface area contributed by atoms with E-state index in [0.717, 1.165) is 10.8 Å². The molecule has 0 atom stereocenters. The maximum atomic E-state index is 12.4. The molecule has 1 heterocycles. The van der Waals surface area contributed by atoms with Crippen molar-refractivity contribution in [3.8, 4) is 0 Å². The third kappa shape index (κ3) is 2.47. The molecule has 0 radical (unpaired) electrons. The van der Waals surface area contributed by atoms with Crippen LogP contribution in [0, 0.1) is 0 Å². The molecule has 0 aliphatic rings. The summed E-state index contributed by atoms with van der Waals surface area (Å²) < 4.78 is 1.51. The van der Waals surface area contributed by atoms with Crippen LogP contribution in [0.1, 0.15) is 32.3 Å². The Kier molecular flexibility index (Phi) is 3.93. The zero-order valence-corrected chi connectivity index (χ0v) is 13.9. The van der Waals surface area contributed by atoms with Gasteiger partial charge in [-0.3, -0.25) is 4.79 Å². The van der Waals surface area contributed by atoms with Gasteiger partial charge in [0.25, 0.3) is 5.56 Å². The molecule has 0 amide bonds. The Balaban J connectivity index is 2.97. The second-order valence-electron chi connectivity index (χ2n) is 6.07. The van der Waals surface area contributed by atoms with E-state index in [9.17, 15) is 4.79 Å². The van der Waals surface area contributed by atoms with E-state index in [4.69, 9.17) is 0 Å². The second kappa shape index (κ2) is 5.21. The van der Waals surface area contributed by atoms with Gasteiger partial charge in [-0.1, -0.05) is 33.1 Å². The van der Waals surface area contributed by atoms with Crippen LogP contribution >= 0.6 is 6.89 Å². The van der Waals surface area contributed by atoms with E-state index in [1.54, 1.807) is 0 Å². The number of aryl methyl sites for hydroxylation is 1. The van der Waals surface area contributed by atoms with E-state index in [1.165, 1.54) is 15.5 Å². The van der Waals surface area contributed by atoms with Crippen LogP contribution in [0.5, 0.6) is 0 Å². The number of aromatic nitrogens is 2. The van der Waals surface area contributed by atoms with E-state index >= 15 is 0 Å². The highest BCUT2D eigenvalue weighted by atomic mass is 31.2. The van der Waals surface area contributed by atoms with Crippen molar-refractivity contribution in [2.24, 2.45) is 0 Å². The summed E-state index contributed by atoms with van der Waals surface area (Å²) in [5.41, 5.74) is 1.29. The van der Waals surface area contributed by atoms with Crippen molar-refractivity contribution in [1.82, 2.24) is 9.78 Å². The molecule has 4 heteroatoms. The molecule has 0 fully saturated rings. The molecule has 1 aromatic heterocycles. The van der Waals surface area contributed by atoms with E-state index in [-0.39, 0.29) is 5.56 Å². The highest BCUT2D eigenvalue weighted by Gasteiger charge is 2.18. The largest absolute Gasteiger partial charge is 0.274 e. The normalized spacial score (nSPS) is 12.3. The van der Waals surface area contributed by atoms with Crippen LogP contribution in [0.15, 0.2) is 23.1 Å². The molecule has 2 rings (SSSR count). The van der Waals surface area contributed by atoms with Crippen LogP contribution in [0.2, 0.25) is 0 Å². The van der Waals surface area contributed by atoms with Crippen molar-refractivity contribution >= 4 is 29.3 Å². The van der Waals surface area contributed by atoms with Gasteiger partial charge in [-0.2, -0.15) is 5.10 Å². The van der Waals surface area contributed by atoms with Crippen molar-refractivity contribution in [1.29, 1.82) is 0 Å². The van der Waals surface area contributed by atoms with Crippen molar-refractivity contribution < 1.29 is 0 Å². The van der Waals surface area contributed by atoms with Crippen LogP contribution in [-0.4, -0.2) is 29.4 Å². The second-order valence-corrected chi connectivity index (χ2v) is 9.89. The van der Waals surface area contributed by atoms with Gasteiger partial charge < -0.3 is 0 Å². The molecule has 3 nitrogen and oxygen atoms in total. The molecular weight excluding hydrogens is 267 g/mol. The summed E-state index contributed by atoms with van der Waals surface area (Å²) >= 11 is 0. The van der Waals surface area contributed by atoms with Crippen LogP contribution < -0.4 is 10.9 Å². The number of hydrogen-bond acceptors (Lipinski definition) is 2. The van der Waals surface area contributed by atoms with Crippen molar-refractivity contribution in [2.45, 2.75) is 33.2 Å². The lowest BCUT2D eigenvalue weighted by molar-refractivity contribution is 0.623. The maximum absolute atomic E-state index is 12.4. The minimum absolute atomic E-state index is 0.00462. The van der Waals surface area contributed by atoms with Crippen LogP contribution in [0.4, 0.5) is 0 Å². The third-order valence-electron chi connectivity index (χ3n) is 3.57. The topological polar surface area (TPSA) is 34.9 Å². The predicted octanol–water partition coefficient (Wildman–Crippen LogP) is 2.87. The van der Waals surface area contributed by atoms with Gasteiger partial charge in [-0.15, -0.1) is 0 Å². The van der Waals surface area contributed by atoms with E-state index in [0.29, 0.717) is 12.5 Å². The van der Waals surface area contributed by atoms with Gasteiger partial charge in [0.2, 0.25) is 0 Å². The lowest BCUT2D eigenvalue weighted by atomic mass is 10.0. The Morgan fingerprint density at radius 1 is 1.30 bits per heavy atom. The lowest BCUT2D eigenvalue weighted by Crippen LogP contribution is -2.25. The number of benzene rings is 1. The van der Waals surface area contributed by atoms with Crippen molar-refractivity contribution in [2.75, 3.05) is 13.3 Å². The Morgan fingerprint density at radius 2 is 1.95 bits per heavy atom. The standard InChI is InChI=1S/C16H23N2OP/c1-7-18-16(19)13-9-8-12(11(2)3)15(20(4,5)6)14(13)10-17-18/h8-11H,4,7H2,1-3,5-6H3. The van der Waals surface area contributed by atoms with Crippen LogP contribution in [0.3, 0.4) is 0 Å². The molecule has 0 saturated carbocycles. The molecule has 0 saturated heterocycles. The molecule has 0 unspecified atom stereocenters. The van der Waals surface area contributed by atoms with Gasteiger partial charge in [0, 0.05) is 11.9 Å². The average Bonchev–Trinajstić information content (AvgIpc) is 2.36. The fraction of sp³-hybridized carbons (Fsp3) is 0.438. The van der Waals surface area contributed by atoms with Crippen LogP contribution in [0.25, 0.3) is 10.8 Å². The van der Waals surface area contributed by atoms with E-state index in [1.807, 2.05) is 19.2 Å². The molecule has 108 valence electrons. The monoisotopic (exact) mass is 290 g/mol. The fourth-order valence-corrected chi connectivity index (χ4v) is 4.49. The Labute approximate surface area is 120 Å². The Hall–Kier alpha value is -1.34. The summed E-state index contributed by atoms with van der Waals surface area (Å²) in [6.07, 6.45) is 6.22. The van der Waals surface area contributed by atoms with Crippen LogP contribution in [-0.2, 0) is 6.54 Å². The highest BCUT2D eigenvalue weighted by Crippen LogP contribution is 2.39. The smallest absolute Gasteiger partial charge is 0.267 e. The van der Waals surface area contributed by atoms with Gasteiger partial charge >= 0.3 is 0 Å². The third-order valence-corrected chi connectivity index (χ3v) is 5.28. The summed E-state index contributed by atoms with van der Waals surface area (Å²) in [5.74, 6) is 0.420. The molecule has 0 aliphatic carbocycles. The molecule has 0 spiro atoms. The molecule has 2 aromatic rings. The number of fused-ring (bicyclic) bond motifs is 1. The summed E-state index contributed by atoms with van der Waals surface area (Å²) in [4.78, 5) is 12.4. The first-order valence-electron chi connectivity index (χ1n) is 6.99. The molecule has 0 bridgehead atoms. The minimum atomic E-state index is -1.49. The van der Waals surface area contributed by atoms with Gasteiger partial charge in [0.15, 0.2) is 0 Å². The first kappa shape index (κ1) is 15.1. The first-order chi connectivity index (χ1) is 9.27. The number of rotatable bonds is 3. The van der Waals surface area contributed by atoms with Gasteiger partial charge in [-0.25, -0.2) is 4.68 Å². The van der Waals surface area contributed by atoms with E-state index in [2.05, 4.69) is 44.6 Å². The first-order valence-corrected chi connectivity index (χ1v) is 9.85. The zero-order valence-electron chi connectivity index (χ0n) is 13.0. The minimum Gasteiger partial charge on any atom is -0.267 e. The SMILES string of the molecule is C=P(C)(C)c1c(C(C)C)ccc2c(=O)n(CC)ncc12. The quantitative estimate of drug-likeness (QED) is 0.815. The van der Waals surface area contributed by atoms with Gasteiger partial charge in [0.1, 0.15) is 0 Å². The Morgan fingerprint density at radius 3 is 2.45 bits per heavy atom. The van der Waals surface area contributed by atoms with Gasteiger partial charge in [0.05, 0.1) is 11.6 Å². The maximum Gasteiger partial charge on any atom is 0.274 e. The van der Waals surface area contributed by atoms with E-state index < -0.39 is 6.89 Å². The highest BCUT2D eigenvalue weighted by molar-refractivity contribution is 7.79. The molecular formula is C16H23N2OP. The summed E-state index contributed by atoms with van der Waals surface area (Å²) in [5, 5.41) is 7.29.